The molecule has 0 unspecified atom stereocenters. The lowest BCUT2D eigenvalue weighted by molar-refractivity contribution is -0.122. The number of hydrogen-bond acceptors (Lipinski definition) is 5. The number of thiazole rings is 1. The van der Waals surface area contributed by atoms with E-state index >= 15 is 0 Å². The van der Waals surface area contributed by atoms with Crippen LogP contribution >= 0.6 is 11.3 Å². The summed E-state index contributed by atoms with van der Waals surface area (Å²) in [7, 11) is 0. The summed E-state index contributed by atoms with van der Waals surface area (Å²) in [6.45, 7) is 3.56. The Morgan fingerprint density at radius 1 is 1.19 bits per heavy atom. The predicted octanol–water partition coefficient (Wildman–Crippen LogP) is 4.21. The summed E-state index contributed by atoms with van der Waals surface area (Å²) in [5, 5.41) is 3.66. The molecule has 0 bridgehead atoms. The molecule has 4 rings (SSSR count). The lowest BCUT2D eigenvalue weighted by Crippen LogP contribution is -2.39. The maximum absolute atomic E-state index is 13.2. The number of aromatic nitrogens is 2. The normalized spacial score (nSPS) is 14.4. The van der Waals surface area contributed by atoms with Crippen molar-refractivity contribution in [1.29, 1.82) is 0 Å². The first-order valence-corrected chi connectivity index (χ1v) is 11.5. The van der Waals surface area contributed by atoms with Crippen LogP contribution in [0.2, 0.25) is 0 Å². The Morgan fingerprint density at radius 2 is 1.94 bits per heavy atom. The van der Waals surface area contributed by atoms with E-state index in [2.05, 4.69) is 15.3 Å². The smallest absolute Gasteiger partial charge is 0.265 e. The average molecular weight is 453 g/mol. The zero-order valence-electron chi connectivity index (χ0n) is 17.9. The third-order valence-electron chi connectivity index (χ3n) is 5.67. The fourth-order valence-corrected chi connectivity index (χ4v) is 4.87. The minimum Gasteiger partial charge on any atom is -0.352 e. The molecular formula is C24H25FN4O2S. The zero-order chi connectivity index (χ0) is 22.5. The molecule has 2 aromatic heterocycles. The molecule has 0 spiro atoms. The largest absolute Gasteiger partial charge is 0.352 e. The summed E-state index contributed by atoms with van der Waals surface area (Å²) in [4.78, 5) is 36.4. The van der Waals surface area contributed by atoms with E-state index in [0.717, 1.165) is 24.0 Å². The highest BCUT2D eigenvalue weighted by Gasteiger charge is 2.27. The van der Waals surface area contributed by atoms with Gasteiger partial charge in [-0.2, -0.15) is 0 Å². The zero-order valence-corrected chi connectivity index (χ0v) is 18.7. The van der Waals surface area contributed by atoms with Crippen LogP contribution in [0.1, 0.15) is 40.2 Å². The van der Waals surface area contributed by atoms with Crippen molar-refractivity contribution in [3.8, 4) is 10.6 Å². The highest BCUT2D eigenvalue weighted by Crippen LogP contribution is 2.30. The molecule has 1 aliphatic heterocycles. The minimum absolute atomic E-state index is 0.0205. The molecule has 1 fully saturated rings. The van der Waals surface area contributed by atoms with E-state index in [4.69, 9.17) is 0 Å². The van der Waals surface area contributed by atoms with Gasteiger partial charge in [-0.3, -0.25) is 14.6 Å². The first kappa shape index (κ1) is 22.1. The molecule has 0 saturated carbocycles. The number of rotatable bonds is 6. The van der Waals surface area contributed by atoms with Crippen molar-refractivity contribution in [2.24, 2.45) is 5.92 Å². The van der Waals surface area contributed by atoms with Crippen LogP contribution in [0.5, 0.6) is 0 Å². The first-order valence-electron chi connectivity index (χ1n) is 10.7. The van der Waals surface area contributed by atoms with Gasteiger partial charge in [0.1, 0.15) is 15.7 Å². The number of nitrogens with one attached hydrogen (secondary N) is 1. The lowest BCUT2D eigenvalue weighted by atomic mass is 9.93. The number of aryl methyl sites for hydroxylation is 1. The third-order valence-corrected chi connectivity index (χ3v) is 6.86. The van der Waals surface area contributed by atoms with Crippen LogP contribution in [0.15, 0.2) is 48.8 Å². The number of amides is 2. The Labute approximate surface area is 190 Å². The van der Waals surface area contributed by atoms with Gasteiger partial charge in [0.05, 0.1) is 5.69 Å². The highest BCUT2D eigenvalue weighted by molar-refractivity contribution is 7.17. The summed E-state index contributed by atoms with van der Waals surface area (Å²) < 4.78 is 13.2. The van der Waals surface area contributed by atoms with Crippen molar-refractivity contribution >= 4 is 23.2 Å². The molecule has 1 N–H and O–H groups in total. The van der Waals surface area contributed by atoms with E-state index < -0.39 is 0 Å². The van der Waals surface area contributed by atoms with Crippen LogP contribution in [-0.2, 0) is 11.3 Å². The number of halogens is 1. The maximum atomic E-state index is 13.2. The van der Waals surface area contributed by atoms with Gasteiger partial charge in [0.15, 0.2) is 0 Å². The quantitative estimate of drug-likeness (QED) is 0.608. The Bertz CT molecular complexity index is 1080. The molecule has 1 aromatic carbocycles. The molecule has 6 nitrogen and oxygen atoms in total. The summed E-state index contributed by atoms with van der Waals surface area (Å²) in [5.41, 5.74) is 2.46. The van der Waals surface area contributed by atoms with E-state index in [1.807, 2.05) is 24.0 Å². The fraction of sp³-hybridized carbons (Fsp3) is 0.333. The van der Waals surface area contributed by atoms with Crippen molar-refractivity contribution < 1.29 is 14.0 Å². The van der Waals surface area contributed by atoms with Crippen LogP contribution in [0.3, 0.4) is 0 Å². The standard InChI is InChI=1S/C24H25FN4O2S/c1-16-22(32-23(28-16)19-4-6-20(25)7-5-19)24(31)29-11-8-17(9-12-29)13-21(30)27-15-18-3-2-10-26-14-18/h2-7,10,14,17H,8-9,11-13,15H2,1H3,(H,27,30). The molecule has 1 saturated heterocycles. The van der Waals surface area contributed by atoms with Crippen LogP contribution < -0.4 is 5.32 Å². The van der Waals surface area contributed by atoms with E-state index in [1.54, 1.807) is 24.5 Å². The minimum atomic E-state index is -0.299. The van der Waals surface area contributed by atoms with Crippen molar-refractivity contribution in [3.63, 3.8) is 0 Å². The van der Waals surface area contributed by atoms with E-state index in [-0.39, 0.29) is 23.5 Å². The molecular weight excluding hydrogens is 427 g/mol. The SMILES string of the molecule is Cc1nc(-c2ccc(F)cc2)sc1C(=O)N1CCC(CC(=O)NCc2cccnc2)CC1. The van der Waals surface area contributed by atoms with E-state index in [0.29, 0.717) is 41.6 Å². The molecule has 0 atom stereocenters. The molecule has 3 heterocycles. The molecule has 0 aliphatic carbocycles. The van der Waals surface area contributed by atoms with Crippen LogP contribution in [0, 0.1) is 18.7 Å². The Morgan fingerprint density at radius 3 is 2.62 bits per heavy atom. The number of benzene rings is 1. The van der Waals surface area contributed by atoms with Gasteiger partial charge in [-0.1, -0.05) is 6.07 Å². The summed E-state index contributed by atoms with van der Waals surface area (Å²) in [6.07, 6.45) is 5.52. The van der Waals surface area contributed by atoms with Crippen LogP contribution in [-0.4, -0.2) is 39.8 Å². The topological polar surface area (TPSA) is 75.2 Å². The second kappa shape index (κ2) is 9.99. The number of piperidine rings is 1. The number of carbonyl (C=O) groups is 2. The van der Waals surface area contributed by atoms with E-state index in [9.17, 15) is 14.0 Å². The van der Waals surface area contributed by atoms with Crippen molar-refractivity contribution in [2.75, 3.05) is 13.1 Å². The summed E-state index contributed by atoms with van der Waals surface area (Å²) >= 11 is 1.34. The predicted molar refractivity (Wildman–Crippen MR) is 122 cm³/mol. The van der Waals surface area contributed by atoms with Gasteiger partial charge >= 0.3 is 0 Å². The van der Waals surface area contributed by atoms with Gasteiger partial charge < -0.3 is 10.2 Å². The molecule has 0 radical (unpaired) electrons. The first-order chi connectivity index (χ1) is 15.5. The molecule has 166 valence electrons. The number of hydrogen-bond donors (Lipinski definition) is 1. The van der Waals surface area contributed by atoms with Gasteiger partial charge in [0.25, 0.3) is 5.91 Å². The molecule has 2 amide bonds. The average Bonchev–Trinajstić information content (AvgIpc) is 3.20. The maximum Gasteiger partial charge on any atom is 0.265 e. The second-order valence-corrected chi connectivity index (χ2v) is 9.02. The van der Waals surface area contributed by atoms with E-state index in [1.165, 1.54) is 23.5 Å². The molecule has 32 heavy (non-hydrogen) atoms. The number of likely N-dealkylation sites (tertiary alicyclic amines) is 1. The molecule has 3 aromatic rings. The lowest BCUT2D eigenvalue weighted by Gasteiger charge is -2.31. The molecule has 8 heteroatoms. The Balaban J connectivity index is 1.29. The molecule has 1 aliphatic rings. The monoisotopic (exact) mass is 452 g/mol. The van der Waals surface area contributed by atoms with Gasteiger partial charge in [0.2, 0.25) is 5.91 Å². The van der Waals surface area contributed by atoms with Crippen molar-refractivity contribution in [2.45, 2.75) is 32.7 Å². The van der Waals surface area contributed by atoms with Crippen LogP contribution in [0.4, 0.5) is 4.39 Å². The number of carbonyl (C=O) groups excluding carboxylic acids is 2. The van der Waals surface area contributed by atoms with Gasteiger partial charge in [-0.25, -0.2) is 9.37 Å². The number of nitrogens with zero attached hydrogens (tertiary/aromatic N) is 3. The second-order valence-electron chi connectivity index (χ2n) is 8.02. The Hall–Kier alpha value is -3.13. The van der Waals surface area contributed by atoms with Gasteiger partial charge in [-0.15, -0.1) is 11.3 Å². The van der Waals surface area contributed by atoms with Gasteiger partial charge in [-0.05, 0) is 61.6 Å². The van der Waals surface area contributed by atoms with Crippen LogP contribution in [0.25, 0.3) is 10.6 Å². The third kappa shape index (κ3) is 5.37. The summed E-state index contributed by atoms with van der Waals surface area (Å²) in [6, 6.07) is 9.91. The fourth-order valence-electron chi connectivity index (χ4n) is 3.83. The summed E-state index contributed by atoms with van der Waals surface area (Å²) in [5.74, 6) is -0.0223. The van der Waals surface area contributed by atoms with Crippen molar-refractivity contribution in [3.05, 3.63) is 70.7 Å². The highest BCUT2D eigenvalue weighted by atomic mass is 32.1. The Kier molecular flexibility index (Phi) is 6.90. The van der Waals surface area contributed by atoms with Gasteiger partial charge in [0, 0.05) is 44.0 Å². The number of pyridine rings is 1. The van der Waals surface area contributed by atoms with Crippen molar-refractivity contribution in [1.82, 2.24) is 20.2 Å².